The molecule has 1 aliphatic rings. The van der Waals surface area contributed by atoms with Gasteiger partial charge in [-0.2, -0.15) is 0 Å². The lowest BCUT2D eigenvalue weighted by Gasteiger charge is -2.33. The Hall–Kier alpha value is -4.74. The number of carbonyl (C=O) groups is 4. The number of nitrogens with one attached hydrogen (secondary N) is 3. The van der Waals surface area contributed by atoms with Gasteiger partial charge in [0.05, 0.1) is 17.9 Å². The molecule has 0 saturated carbocycles. The summed E-state index contributed by atoms with van der Waals surface area (Å²) in [5.74, 6) is -1.74. The molecule has 11 heteroatoms. The number of thiophene rings is 1. The quantitative estimate of drug-likeness (QED) is 0.0865. The van der Waals surface area contributed by atoms with E-state index < -0.39 is 28.9 Å². The first-order valence-corrected chi connectivity index (χ1v) is 18.0. The van der Waals surface area contributed by atoms with E-state index in [1.165, 1.54) is 60.5 Å². The first kappa shape index (κ1) is 36.5. The van der Waals surface area contributed by atoms with Crippen LogP contribution in [0, 0.1) is 17.2 Å². The molecular formula is C39H40FN3O5S2. The van der Waals surface area contributed by atoms with Crippen molar-refractivity contribution in [2.45, 2.75) is 57.1 Å². The van der Waals surface area contributed by atoms with E-state index in [0.717, 1.165) is 34.6 Å². The summed E-state index contributed by atoms with van der Waals surface area (Å²) in [6, 6.07) is 21.0. The number of fused-ring (bicyclic) bond motifs is 1. The van der Waals surface area contributed by atoms with Gasteiger partial charge in [-0.25, -0.2) is 9.18 Å². The van der Waals surface area contributed by atoms with Crippen LogP contribution in [-0.2, 0) is 27.2 Å². The molecule has 2 atom stereocenters. The van der Waals surface area contributed by atoms with Crippen molar-refractivity contribution in [3.8, 4) is 0 Å². The van der Waals surface area contributed by atoms with Crippen molar-refractivity contribution in [1.29, 1.82) is 0 Å². The molecule has 0 bridgehead atoms. The van der Waals surface area contributed by atoms with Crippen LogP contribution in [0.2, 0.25) is 0 Å². The highest BCUT2D eigenvalue weighted by atomic mass is 32.2. The van der Waals surface area contributed by atoms with Gasteiger partial charge in [0.25, 0.3) is 11.8 Å². The smallest absolute Gasteiger partial charge is 0.341 e. The molecule has 8 nitrogen and oxygen atoms in total. The number of rotatable bonds is 10. The predicted octanol–water partition coefficient (Wildman–Crippen LogP) is 8.35. The van der Waals surface area contributed by atoms with Crippen molar-refractivity contribution in [2.24, 2.45) is 11.3 Å². The van der Waals surface area contributed by atoms with Gasteiger partial charge in [0.15, 0.2) is 0 Å². The lowest BCUT2D eigenvalue weighted by atomic mass is 9.72. The lowest BCUT2D eigenvalue weighted by Crippen LogP contribution is -2.30. The van der Waals surface area contributed by atoms with Crippen LogP contribution in [0.1, 0.15) is 70.8 Å². The van der Waals surface area contributed by atoms with E-state index in [1.807, 2.05) is 6.07 Å². The summed E-state index contributed by atoms with van der Waals surface area (Å²) >= 11 is 2.75. The van der Waals surface area contributed by atoms with E-state index in [-0.39, 0.29) is 17.0 Å². The molecule has 3 aromatic carbocycles. The number of benzene rings is 3. The van der Waals surface area contributed by atoms with Gasteiger partial charge >= 0.3 is 5.97 Å². The van der Waals surface area contributed by atoms with Crippen LogP contribution in [0.4, 0.5) is 15.1 Å². The minimum atomic E-state index is -0.586. The van der Waals surface area contributed by atoms with Crippen LogP contribution in [0.25, 0.3) is 6.08 Å². The molecule has 260 valence electrons. The maximum absolute atomic E-state index is 13.5. The van der Waals surface area contributed by atoms with Gasteiger partial charge in [0, 0.05) is 21.0 Å². The number of halogens is 1. The first-order valence-electron chi connectivity index (χ1n) is 16.3. The van der Waals surface area contributed by atoms with Crippen LogP contribution >= 0.6 is 23.1 Å². The molecule has 0 saturated heterocycles. The average Bonchev–Trinajstić information content (AvgIpc) is 3.45. The maximum atomic E-state index is 13.5. The van der Waals surface area contributed by atoms with E-state index in [9.17, 15) is 23.6 Å². The van der Waals surface area contributed by atoms with E-state index in [0.29, 0.717) is 33.3 Å². The Morgan fingerprint density at radius 3 is 2.38 bits per heavy atom. The topological polar surface area (TPSA) is 114 Å². The van der Waals surface area contributed by atoms with Crippen LogP contribution in [0.5, 0.6) is 0 Å². The Bertz CT molecular complexity index is 1920. The van der Waals surface area contributed by atoms with Crippen molar-refractivity contribution >= 4 is 63.6 Å². The molecule has 3 N–H and O–H groups in total. The SMILES string of the molecule is COC(=O)c1c(NC(=O)C(C)Sc2cccc(NC(=O)/C(=C/c3ccc(F)cc3)NC(=O)c3ccccc3)c2)sc2c1CCC(C(C)(C)C)C2. The zero-order valence-corrected chi connectivity index (χ0v) is 30.2. The molecule has 2 unspecified atom stereocenters. The molecule has 5 rings (SSSR count). The summed E-state index contributed by atoms with van der Waals surface area (Å²) in [4.78, 5) is 54.6. The van der Waals surface area contributed by atoms with E-state index in [4.69, 9.17) is 4.74 Å². The minimum absolute atomic E-state index is 0.0369. The van der Waals surface area contributed by atoms with Crippen molar-refractivity contribution in [3.63, 3.8) is 0 Å². The summed E-state index contributed by atoms with van der Waals surface area (Å²) in [5, 5.41) is 8.45. The Balaban J connectivity index is 1.29. The van der Waals surface area contributed by atoms with Crippen LogP contribution in [-0.4, -0.2) is 36.1 Å². The second-order valence-corrected chi connectivity index (χ2v) is 15.7. The number of hydrogen-bond donors (Lipinski definition) is 3. The average molecular weight is 714 g/mol. The number of amides is 3. The molecular weight excluding hydrogens is 674 g/mol. The molecule has 50 heavy (non-hydrogen) atoms. The summed E-state index contributed by atoms with van der Waals surface area (Å²) in [5.41, 5.74) is 2.83. The number of ether oxygens (including phenoxy) is 1. The van der Waals surface area contributed by atoms with Crippen molar-refractivity contribution in [2.75, 3.05) is 17.7 Å². The standard InChI is InChI=1S/C39H40FN3O5S2/c1-23(34(44)43-37-33(38(47)48-5)30-19-16-26(39(2,3)4)21-32(30)50-37)49-29-13-9-12-28(22-29)41-36(46)31(20-24-14-17-27(40)18-15-24)42-35(45)25-10-7-6-8-11-25/h6-15,17-18,20,22-23,26H,16,19,21H2,1-5H3,(H,41,46)(H,42,45)(H,43,44)/b31-20-. The third kappa shape index (κ3) is 9.08. The number of anilines is 2. The Kier molecular flexibility index (Phi) is 11.6. The predicted molar refractivity (Wildman–Crippen MR) is 198 cm³/mol. The number of thioether (sulfide) groups is 1. The number of hydrogen-bond acceptors (Lipinski definition) is 7. The Morgan fingerprint density at radius 2 is 1.70 bits per heavy atom. The fourth-order valence-corrected chi connectivity index (χ4v) is 7.96. The Labute approximate surface area is 299 Å². The van der Waals surface area contributed by atoms with E-state index >= 15 is 0 Å². The normalized spacial score (nSPS) is 15.0. The summed E-state index contributed by atoms with van der Waals surface area (Å²) in [6.45, 7) is 8.46. The van der Waals surface area contributed by atoms with E-state index in [2.05, 4.69) is 36.7 Å². The zero-order chi connectivity index (χ0) is 36.0. The van der Waals surface area contributed by atoms with E-state index in [1.54, 1.807) is 55.5 Å². The van der Waals surface area contributed by atoms with Crippen molar-refractivity contribution in [1.82, 2.24) is 5.32 Å². The minimum Gasteiger partial charge on any atom is -0.465 e. The first-order chi connectivity index (χ1) is 23.8. The molecule has 0 fully saturated rings. The molecule has 1 aliphatic carbocycles. The molecule has 4 aromatic rings. The molecule has 0 spiro atoms. The Morgan fingerprint density at radius 1 is 0.980 bits per heavy atom. The third-order valence-corrected chi connectivity index (χ3v) is 10.9. The third-order valence-electron chi connectivity index (χ3n) is 8.60. The molecule has 1 heterocycles. The fraction of sp³-hybridized carbons (Fsp3) is 0.282. The molecule has 0 aliphatic heterocycles. The van der Waals surface area contributed by atoms with Gasteiger partial charge in [-0.05, 0) is 97.2 Å². The number of esters is 1. The second-order valence-electron chi connectivity index (χ2n) is 13.2. The summed E-state index contributed by atoms with van der Waals surface area (Å²) in [6.07, 6.45) is 4.04. The largest absolute Gasteiger partial charge is 0.465 e. The fourth-order valence-electron chi connectivity index (χ4n) is 5.72. The highest BCUT2D eigenvalue weighted by Gasteiger charge is 2.34. The number of carbonyl (C=O) groups excluding carboxylic acids is 4. The van der Waals surface area contributed by atoms with Crippen molar-refractivity contribution in [3.05, 3.63) is 118 Å². The number of methoxy groups -OCH3 is 1. The monoisotopic (exact) mass is 713 g/mol. The summed E-state index contributed by atoms with van der Waals surface area (Å²) < 4.78 is 18.6. The second kappa shape index (κ2) is 15.9. The van der Waals surface area contributed by atoms with Gasteiger partial charge in [-0.3, -0.25) is 14.4 Å². The van der Waals surface area contributed by atoms with Gasteiger partial charge in [-0.15, -0.1) is 23.1 Å². The van der Waals surface area contributed by atoms with Gasteiger partial charge in [0.1, 0.15) is 16.5 Å². The van der Waals surface area contributed by atoms with Crippen LogP contribution < -0.4 is 16.0 Å². The van der Waals surface area contributed by atoms with Gasteiger partial charge in [-0.1, -0.05) is 57.2 Å². The molecule has 3 amide bonds. The zero-order valence-electron chi connectivity index (χ0n) is 28.6. The molecule has 0 radical (unpaired) electrons. The van der Waals surface area contributed by atoms with Crippen LogP contribution in [0.3, 0.4) is 0 Å². The van der Waals surface area contributed by atoms with Crippen LogP contribution in [0.15, 0.2) is 89.5 Å². The molecule has 1 aromatic heterocycles. The van der Waals surface area contributed by atoms with Gasteiger partial charge < -0.3 is 20.7 Å². The summed E-state index contributed by atoms with van der Waals surface area (Å²) in [7, 11) is 1.35. The lowest BCUT2D eigenvalue weighted by molar-refractivity contribution is -0.115. The van der Waals surface area contributed by atoms with Crippen molar-refractivity contribution < 1.29 is 28.3 Å². The van der Waals surface area contributed by atoms with Gasteiger partial charge in [0.2, 0.25) is 5.91 Å². The maximum Gasteiger partial charge on any atom is 0.341 e. The highest BCUT2D eigenvalue weighted by Crippen LogP contribution is 2.44. The highest BCUT2D eigenvalue weighted by molar-refractivity contribution is 8.00.